The maximum Gasteiger partial charge on any atom is 0.189 e. The zero-order valence-electron chi connectivity index (χ0n) is 11.4. The molecule has 0 bridgehead atoms. The summed E-state index contributed by atoms with van der Waals surface area (Å²) in [5.41, 5.74) is 7.88. The lowest BCUT2D eigenvalue weighted by atomic mass is 10.1. The predicted octanol–water partition coefficient (Wildman–Crippen LogP) is 3.91. The Kier molecular flexibility index (Phi) is 5.41. The molecule has 0 amide bonds. The van der Waals surface area contributed by atoms with E-state index >= 15 is 0 Å². The summed E-state index contributed by atoms with van der Waals surface area (Å²) in [5.74, 6) is 0.601. The van der Waals surface area contributed by atoms with E-state index in [1.807, 2.05) is 55.5 Å². The molecule has 2 aromatic carbocycles. The van der Waals surface area contributed by atoms with Crippen molar-refractivity contribution in [2.45, 2.75) is 19.6 Å². The van der Waals surface area contributed by atoms with Crippen LogP contribution in [0.3, 0.4) is 0 Å². The number of benzene rings is 2. The molecule has 2 aromatic rings. The normalized spacial score (nSPS) is 12.2. The van der Waals surface area contributed by atoms with E-state index in [1.165, 1.54) is 0 Å². The summed E-state index contributed by atoms with van der Waals surface area (Å²) in [6, 6.07) is 15.4. The molecule has 0 aliphatic heterocycles. The second kappa shape index (κ2) is 7.29. The molecule has 0 aliphatic rings. The van der Waals surface area contributed by atoms with Crippen molar-refractivity contribution < 1.29 is 9.47 Å². The Bertz CT molecular complexity index is 543. The van der Waals surface area contributed by atoms with Gasteiger partial charge < -0.3 is 15.2 Å². The van der Waals surface area contributed by atoms with Crippen molar-refractivity contribution in [3.05, 3.63) is 64.7 Å². The molecule has 0 fully saturated rings. The van der Waals surface area contributed by atoms with Gasteiger partial charge in [0.15, 0.2) is 6.79 Å². The van der Waals surface area contributed by atoms with E-state index in [2.05, 4.69) is 0 Å². The average molecular weight is 292 g/mol. The number of rotatable bonds is 6. The molecule has 2 rings (SSSR count). The molecular weight excluding hydrogens is 274 g/mol. The van der Waals surface area contributed by atoms with Gasteiger partial charge in [-0.05, 0) is 30.2 Å². The fourth-order valence-electron chi connectivity index (χ4n) is 1.76. The highest BCUT2D eigenvalue weighted by Crippen LogP contribution is 2.27. The van der Waals surface area contributed by atoms with Gasteiger partial charge in [0.2, 0.25) is 0 Å². The minimum Gasteiger partial charge on any atom is -0.466 e. The van der Waals surface area contributed by atoms with Crippen molar-refractivity contribution >= 4 is 11.6 Å². The van der Waals surface area contributed by atoms with Crippen molar-refractivity contribution in [1.29, 1.82) is 0 Å². The summed E-state index contributed by atoms with van der Waals surface area (Å²) in [4.78, 5) is 0. The second-order valence-electron chi connectivity index (χ2n) is 4.57. The molecule has 0 saturated heterocycles. The van der Waals surface area contributed by atoms with Crippen LogP contribution in [0.25, 0.3) is 0 Å². The first kappa shape index (κ1) is 14.9. The molecule has 0 aromatic heterocycles. The summed E-state index contributed by atoms with van der Waals surface area (Å²) in [7, 11) is 0. The SMILES string of the molecule is C[C@@H](N)c1ccc(OCOCc2ccccc2)c(Cl)c1. The van der Waals surface area contributed by atoms with E-state index in [9.17, 15) is 0 Å². The molecule has 0 saturated carbocycles. The number of nitrogens with two attached hydrogens (primary N) is 1. The van der Waals surface area contributed by atoms with Crippen molar-refractivity contribution in [1.82, 2.24) is 0 Å². The van der Waals surface area contributed by atoms with Gasteiger partial charge in [-0.25, -0.2) is 0 Å². The van der Waals surface area contributed by atoms with Gasteiger partial charge in [0, 0.05) is 6.04 Å². The lowest BCUT2D eigenvalue weighted by Crippen LogP contribution is -2.06. The van der Waals surface area contributed by atoms with Crippen LogP contribution in [-0.2, 0) is 11.3 Å². The molecule has 2 N–H and O–H groups in total. The molecule has 20 heavy (non-hydrogen) atoms. The molecule has 0 unspecified atom stereocenters. The number of hydrogen-bond acceptors (Lipinski definition) is 3. The standard InChI is InChI=1S/C16H18ClNO2/c1-12(18)14-7-8-16(15(17)9-14)20-11-19-10-13-5-3-2-4-6-13/h2-9,12H,10-11,18H2,1H3/t12-/m1/s1. The quantitative estimate of drug-likeness (QED) is 0.648. The lowest BCUT2D eigenvalue weighted by Gasteiger charge is -2.11. The molecule has 0 radical (unpaired) electrons. The zero-order chi connectivity index (χ0) is 14.4. The van der Waals surface area contributed by atoms with E-state index in [4.69, 9.17) is 26.8 Å². The van der Waals surface area contributed by atoms with Crippen LogP contribution in [0.1, 0.15) is 24.1 Å². The van der Waals surface area contributed by atoms with E-state index in [0.29, 0.717) is 17.4 Å². The summed E-state index contributed by atoms with van der Waals surface area (Å²) in [6.07, 6.45) is 0. The third-order valence-corrected chi connectivity index (χ3v) is 3.19. The molecule has 0 aliphatic carbocycles. The van der Waals surface area contributed by atoms with Gasteiger partial charge in [0.1, 0.15) is 5.75 Å². The first-order valence-electron chi connectivity index (χ1n) is 6.46. The predicted molar refractivity (Wildman–Crippen MR) is 80.8 cm³/mol. The molecule has 4 heteroatoms. The van der Waals surface area contributed by atoms with Crippen LogP contribution in [0, 0.1) is 0 Å². The van der Waals surface area contributed by atoms with E-state index in [-0.39, 0.29) is 12.8 Å². The van der Waals surface area contributed by atoms with E-state index < -0.39 is 0 Å². The highest BCUT2D eigenvalue weighted by atomic mass is 35.5. The number of halogens is 1. The fraction of sp³-hybridized carbons (Fsp3) is 0.250. The summed E-state index contributed by atoms with van der Waals surface area (Å²) >= 11 is 6.13. The molecular formula is C16H18ClNO2. The van der Waals surface area contributed by atoms with Gasteiger partial charge in [-0.3, -0.25) is 0 Å². The summed E-state index contributed by atoms with van der Waals surface area (Å²) < 4.78 is 10.9. The van der Waals surface area contributed by atoms with Crippen molar-refractivity contribution in [2.24, 2.45) is 5.73 Å². The minimum atomic E-state index is -0.0455. The summed E-state index contributed by atoms with van der Waals surface area (Å²) in [6.45, 7) is 2.58. The Morgan fingerprint density at radius 1 is 1.15 bits per heavy atom. The Balaban J connectivity index is 1.82. The van der Waals surface area contributed by atoms with Crippen LogP contribution in [0.5, 0.6) is 5.75 Å². The van der Waals surface area contributed by atoms with E-state index in [1.54, 1.807) is 0 Å². The number of hydrogen-bond donors (Lipinski definition) is 1. The Morgan fingerprint density at radius 2 is 1.90 bits per heavy atom. The van der Waals surface area contributed by atoms with Crippen LogP contribution < -0.4 is 10.5 Å². The monoisotopic (exact) mass is 291 g/mol. The first-order chi connectivity index (χ1) is 9.66. The van der Waals surface area contributed by atoms with Crippen LogP contribution in [0.15, 0.2) is 48.5 Å². The molecule has 3 nitrogen and oxygen atoms in total. The maximum atomic E-state index is 6.13. The largest absolute Gasteiger partial charge is 0.466 e. The van der Waals surface area contributed by atoms with Crippen LogP contribution in [0.4, 0.5) is 0 Å². The minimum absolute atomic E-state index is 0.0455. The van der Waals surface area contributed by atoms with Gasteiger partial charge in [0.05, 0.1) is 11.6 Å². The van der Waals surface area contributed by atoms with Crippen LogP contribution >= 0.6 is 11.6 Å². The third-order valence-electron chi connectivity index (χ3n) is 2.89. The Morgan fingerprint density at radius 3 is 2.55 bits per heavy atom. The fourth-order valence-corrected chi connectivity index (χ4v) is 2.00. The van der Waals surface area contributed by atoms with Crippen molar-refractivity contribution in [3.63, 3.8) is 0 Å². The zero-order valence-corrected chi connectivity index (χ0v) is 12.1. The van der Waals surface area contributed by atoms with Crippen molar-refractivity contribution in [3.8, 4) is 5.75 Å². The number of ether oxygens (including phenoxy) is 2. The summed E-state index contributed by atoms with van der Waals surface area (Å²) in [5, 5.41) is 0.545. The Hall–Kier alpha value is -1.55. The van der Waals surface area contributed by atoms with Crippen molar-refractivity contribution in [2.75, 3.05) is 6.79 Å². The smallest absolute Gasteiger partial charge is 0.189 e. The molecule has 106 valence electrons. The van der Waals surface area contributed by atoms with Crippen LogP contribution in [-0.4, -0.2) is 6.79 Å². The van der Waals surface area contributed by atoms with Gasteiger partial charge in [-0.15, -0.1) is 0 Å². The van der Waals surface area contributed by atoms with E-state index in [0.717, 1.165) is 11.1 Å². The molecule has 0 spiro atoms. The molecule has 0 heterocycles. The average Bonchev–Trinajstić information content (AvgIpc) is 2.46. The van der Waals surface area contributed by atoms with Gasteiger partial charge in [-0.2, -0.15) is 0 Å². The molecule has 1 atom stereocenters. The third kappa shape index (κ3) is 4.23. The lowest BCUT2D eigenvalue weighted by molar-refractivity contribution is 0.00509. The topological polar surface area (TPSA) is 44.5 Å². The highest BCUT2D eigenvalue weighted by molar-refractivity contribution is 6.32. The Labute approximate surface area is 124 Å². The van der Waals surface area contributed by atoms with Gasteiger partial charge >= 0.3 is 0 Å². The van der Waals surface area contributed by atoms with Gasteiger partial charge in [0.25, 0.3) is 0 Å². The first-order valence-corrected chi connectivity index (χ1v) is 6.84. The second-order valence-corrected chi connectivity index (χ2v) is 4.98. The van der Waals surface area contributed by atoms with Crippen LogP contribution in [0.2, 0.25) is 5.02 Å². The highest BCUT2D eigenvalue weighted by Gasteiger charge is 2.05. The van der Waals surface area contributed by atoms with Gasteiger partial charge in [-0.1, -0.05) is 48.0 Å². The maximum absolute atomic E-state index is 6.13.